The Morgan fingerprint density at radius 2 is 1.94 bits per heavy atom. The molecule has 1 N–H and O–H groups in total. The Morgan fingerprint density at radius 1 is 1.22 bits per heavy atom. The van der Waals surface area contributed by atoms with Crippen molar-refractivity contribution in [3.05, 3.63) is 21.3 Å². The standard InChI is InChI=1S/C13H22ClNO2S/c1-3-16-13(17-4-2)8-10-15-9-7-11-5-6-12(14)18-11/h5-6,13,15H,3-4,7-10H2,1-2H3. The third-order valence-corrected chi connectivity index (χ3v) is 3.73. The van der Waals surface area contributed by atoms with Crippen molar-refractivity contribution < 1.29 is 9.47 Å². The first kappa shape index (κ1) is 15.9. The second-order valence-corrected chi connectivity index (χ2v) is 5.63. The van der Waals surface area contributed by atoms with Gasteiger partial charge in [-0.1, -0.05) is 11.6 Å². The molecule has 1 rings (SSSR count). The van der Waals surface area contributed by atoms with E-state index in [1.54, 1.807) is 11.3 Å². The van der Waals surface area contributed by atoms with Gasteiger partial charge in [0.1, 0.15) is 0 Å². The van der Waals surface area contributed by atoms with Gasteiger partial charge >= 0.3 is 0 Å². The van der Waals surface area contributed by atoms with Crippen LogP contribution in [0, 0.1) is 0 Å². The van der Waals surface area contributed by atoms with Gasteiger partial charge in [0.25, 0.3) is 0 Å². The number of hydrogen-bond donors (Lipinski definition) is 1. The first-order chi connectivity index (χ1) is 8.76. The zero-order chi connectivity index (χ0) is 13.2. The Morgan fingerprint density at radius 3 is 2.50 bits per heavy atom. The molecule has 104 valence electrons. The van der Waals surface area contributed by atoms with E-state index in [2.05, 4.69) is 11.4 Å². The van der Waals surface area contributed by atoms with E-state index in [1.165, 1.54) is 4.88 Å². The highest BCUT2D eigenvalue weighted by Gasteiger charge is 2.06. The van der Waals surface area contributed by atoms with Gasteiger partial charge in [-0.05, 0) is 45.5 Å². The van der Waals surface area contributed by atoms with Crippen molar-refractivity contribution in [1.29, 1.82) is 0 Å². The number of nitrogens with one attached hydrogen (secondary N) is 1. The highest BCUT2D eigenvalue weighted by atomic mass is 35.5. The van der Waals surface area contributed by atoms with Crippen molar-refractivity contribution in [2.75, 3.05) is 26.3 Å². The predicted molar refractivity (Wildman–Crippen MR) is 77.6 cm³/mol. The fourth-order valence-electron chi connectivity index (χ4n) is 1.63. The van der Waals surface area contributed by atoms with Gasteiger partial charge in [-0.25, -0.2) is 0 Å². The molecule has 0 aliphatic carbocycles. The van der Waals surface area contributed by atoms with E-state index in [9.17, 15) is 0 Å². The maximum absolute atomic E-state index is 5.88. The quantitative estimate of drug-likeness (QED) is 0.530. The van der Waals surface area contributed by atoms with Crippen LogP contribution in [-0.4, -0.2) is 32.6 Å². The van der Waals surface area contributed by atoms with Gasteiger partial charge in [0, 0.05) is 24.5 Å². The molecule has 0 bridgehead atoms. The first-order valence-corrected chi connectivity index (χ1v) is 7.63. The Hall–Kier alpha value is -0.130. The molecule has 0 spiro atoms. The fraction of sp³-hybridized carbons (Fsp3) is 0.692. The number of halogens is 1. The third kappa shape index (κ3) is 6.71. The number of ether oxygens (including phenoxy) is 2. The molecule has 0 saturated carbocycles. The van der Waals surface area contributed by atoms with E-state index >= 15 is 0 Å². The van der Waals surface area contributed by atoms with Gasteiger partial charge in [0.05, 0.1) is 4.34 Å². The van der Waals surface area contributed by atoms with E-state index in [-0.39, 0.29) is 6.29 Å². The molecule has 0 aliphatic rings. The lowest BCUT2D eigenvalue weighted by atomic mass is 10.3. The Bertz CT molecular complexity index is 314. The van der Waals surface area contributed by atoms with Crippen LogP contribution >= 0.6 is 22.9 Å². The van der Waals surface area contributed by atoms with Crippen LogP contribution in [0.25, 0.3) is 0 Å². The summed E-state index contributed by atoms with van der Waals surface area (Å²) in [7, 11) is 0. The van der Waals surface area contributed by atoms with E-state index in [1.807, 2.05) is 19.9 Å². The highest BCUT2D eigenvalue weighted by molar-refractivity contribution is 7.16. The highest BCUT2D eigenvalue weighted by Crippen LogP contribution is 2.21. The van der Waals surface area contributed by atoms with Gasteiger partial charge in [-0.15, -0.1) is 11.3 Å². The van der Waals surface area contributed by atoms with E-state index < -0.39 is 0 Å². The second-order valence-electron chi connectivity index (χ2n) is 3.83. The van der Waals surface area contributed by atoms with Gasteiger partial charge < -0.3 is 14.8 Å². The van der Waals surface area contributed by atoms with Crippen LogP contribution in [0.2, 0.25) is 4.34 Å². The second kappa shape index (κ2) is 9.75. The minimum absolute atomic E-state index is 0.0799. The summed E-state index contributed by atoms with van der Waals surface area (Å²) in [6.45, 7) is 7.22. The molecule has 0 unspecified atom stereocenters. The topological polar surface area (TPSA) is 30.5 Å². The van der Waals surface area contributed by atoms with Crippen molar-refractivity contribution in [1.82, 2.24) is 5.32 Å². The van der Waals surface area contributed by atoms with Crippen molar-refractivity contribution >= 4 is 22.9 Å². The average Bonchev–Trinajstić information content (AvgIpc) is 2.75. The van der Waals surface area contributed by atoms with Gasteiger partial charge in [0.2, 0.25) is 0 Å². The Balaban J connectivity index is 2.06. The lowest BCUT2D eigenvalue weighted by Crippen LogP contribution is -2.26. The zero-order valence-corrected chi connectivity index (χ0v) is 12.6. The SMILES string of the molecule is CCOC(CCNCCc1ccc(Cl)s1)OCC. The number of hydrogen-bond acceptors (Lipinski definition) is 4. The van der Waals surface area contributed by atoms with Crippen molar-refractivity contribution in [2.24, 2.45) is 0 Å². The molecule has 0 fully saturated rings. The third-order valence-electron chi connectivity index (χ3n) is 2.44. The van der Waals surface area contributed by atoms with E-state index in [4.69, 9.17) is 21.1 Å². The number of thiophene rings is 1. The molecule has 3 nitrogen and oxygen atoms in total. The molecule has 0 radical (unpaired) electrons. The Kier molecular flexibility index (Phi) is 8.63. The summed E-state index contributed by atoms with van der Waals surface area (Å²) in [4.78, 5) is 1.32. The van der Waals surface area contributed by atoms with Crippen molar-refractivity contribution in [3.8, 4) is 0 Å². The van der Waals surface area contributed by atoms with Crippen LogP contribution in [0.3, 0.4) is 0 Å². The fourth-order valence-corrected chi connectivity index (χ4v) is 2.72. The molecule has 0 saturated heterocycles. The van der Waals surface area contributed by atoms with Crippen LogP contribution in [0.5, 0.6) is 0 Å². The molecule has 5 heteroatoms. The molecule has 0 amide bonds. The minimum atomic E-state index is -0.0799. The molecular formula is C13H22ClNO2S. The minimum Gasteiger partial charge on any atom is -0.353 e. The van der Waals surface area contributed by atoms with Crippen LogP contribution in [0.1, 0.15) is 25.1 Å². The lowest BCUT2D eigenvalue weighted by molar-refractivity contribution is -0.138. The summed E-state index contributed by atoms with van der Waals surface area (Å²) >= 11 is 7.52. The first-order valence-electron chi connectivity index (χ1n) is 6.44. The van der Waals surface area contributed by atoms with Crippen molar-refractivity contribution in [2.45, 2.75) is 33.0 Å². The average molecular weight is 292 g/mol. The summed E-state index contributed by atoms with van der Waals surface area (Å²) in [5, 5.41) is 3.39. The summed E-state index contributed by atoms with van der Waals surface area (Å²) in [6.07, 6.45) is 1.82. The van der Waals surface area contributed by atoms with Gasteiger partial charge in [-0.2, -0.15) is 0 Å². The predicted octanol–water partition coefficient (Wildman–Crippen LogP) is 3.32. The largest absolute Gasteiger partial charge is 0.353 e. The molecule has 1 heterocycles. The van der Waals surface area contributed by atoms with Crippen LogP contribution in [-0.2, 0) is 15.9 Å². The Labute approximate surface area is 118 Å². The monoisotopic (exact) mass is 291 g/mol. The van der Waals surface area contributed by atoms with Crippen LogP contribution in [0.15, 0.2) is 12.1 Å². The molecule has 18 heavy (non-hydrogen) atoms. The molecule has 1 aromatic rings. The zero-order valence-electron chi connectivity index (χ0n) is 11.1. The van der Waals surface area contributed by atoms with E-state index in [0.717, 1.165) is 30.3 Å². The number of rotatable bonds is 10. The molecular weight excluding hydrogens is 270 g/mol. The molecule has 0 atom stereocenters. The summed E-state index contributed by atoms with van der Waals surface area (Å²) in [5.41, 5.74) is 0. The van der Waals surface area contributed by atoms with E-state index in [0.29, 0.717) is 13.2 Å². The van der Waals surface area contributed by atoms with Crippen LogP contribution < -0.4 is 5.32 Å². The van der Waals surface area contributed by atoms with Gasteiger partial charge in [0.15, 0.2) is 6.29 Å². The lowest BCUT2D eigenvalue weighted by Gasteiger charge is -2.16. The normalized spacial score (nSPS) is 11.3. The maximum atomic E-state index is 5.88. The summed E-state index contributed by atoms with van der Waals surface area (Å²) < 4.78 is 11.8. The smallest absolute Gasteiger partial charge is 0.158 e. The molecule has 0 aromatic carbocycles. The van der Waals surface area contributed by atoms with Crippen LogP contribution in [0.4, 0.5) is 0 Å². The van der Waals surface area contributed by atoms with Crippen molar-refractivity contribution in [3.63, 3.8) is 0 Å². The summed E-state index contributed by atoms with van der Waals surface area (Å²) in [6, 6.07) is 4.03. The summed E-state index contributed by atoms with van der Waals surface area (Å²) in [5.74, 6) is 0. The van der Waals surface area contributed by atoms with Gasteiger partial charge in [-0.3, -0.25) is 0 Å². The maximum Gasteiger partial charge on any atom is 0.158 e. The molecule has 0 aliphatic heterocycles. The molecule has 1 aromatic heterocycles.